The van der Waals surface area contributed by atoms with Crippen molar-refractivity contribution in [2.24, 2.45) is 11.7 Å². The lowest BCUT2D eigenvalue weighted by Gasteiger charge is -2.14. The van der Waals surface area contributed by atoms with Crippen LogP contribution in [0.25, 0.3) is 0 Å². The van der Waals surface area contributed by atoms with Crippen LogP contribution in [-0.2, 0) is 16.1 Å². The van der Waals surface area contributed by atoms with Crippen molar-refractivity contribution >= 4 is 24.0 Å². The molecule has 0 aromatic carbocycles. The number of hydrogen-bond acceptors (Lipinski definition) is 4. The molecule has 1 aromatic heterocycles. The predicted octanol–water partition coefficient (Wildman–Crippen LogP) is 1.41. The van der Waals surface area contributed by atoms with Crippen molar-refractivity contribution in [1.29, 1.82) is 0 Å². The number of carbonyl (C=O) groups is 1. The molecule has 114 valence electrons. The SMILES string of the molecule is COCCn1cc(NC(=O)C[C@@H]2CCC[C@H]2N)cn1.Cl. The molecule has 0 aliphatic heterocycles. The number of amides is 1. The molecule has 0 bridgehead atoms. The molecule has 3 N–H and O–H groups in total. The topological polar surface area (TPSA) is 82.2 Å². The van der Waals surface area contributed by atoms with Gasteiger partial charge in [0.25, 0.3) is 0 Å². The second-order valence-corrected chi connectivity index (χ2v) is 5.09. The lowest BCUT2D eigenvalue weighted by molar-refractivity contribution is -0.117. The summed E-state index contributed by atoms with van der Waals surface area (Å²) in [4.78, 5) is 11.9. The van der Waals surface area contributed by atoms with Crippen LogP contribution in [0.1, 0.15) is 25.7 Å². The predicted molar refractivity (Wildman–Crippen MR) is 79.9 cm³/mol. The molecule has 1 fully saturated rings. The summed E-state index contributed by atoms with van der Waals surface area (Å²) in [6.45, 7) is 1.28. The van der Waals surface area contributed by atoms with Crippen LogP contribution in [-0.4, -0.2) is 35.4 Å². The third-order valence-electron chi connectivity index (χ3n) is 3.61. The van der Waals surface area contributed by atoms with Crippen molar-refractivity contribution in [1.82, 2.24) is 9.78 Å². The molecule has 2 atom stereocenters. The summed E-state index contributed by atoms with van der Waals surface area (Å²) in [5, 5.41) is 7.02. The molecule has 0 spiro atoms. The summed E-state index contributed by atoms with van der Waals surface area (Å²) in [6.07, 6.45) is 7.20. The molecule has 1 aliphatic rings. The quantitative estimate of drug-likeness (QED) is 0.832. The van der Waals surface area contributed by atoms with Crippen LogP contribution >= 0.6 is 12.4 Å². The summed E-state index contributed by atoms with van der Waals surface area (Å²) in [7, 11) is 1.65. The van der Waals surface area contributed by atoms with Crippen LogP contribution in [0.4, 0.5) is 5.69 Å². The number of rotatable bonds is 6. The van der Waals surface area contributed by atoms with Gasteiger partial charge in [-0.15, -0.1) is 12.4 Å². The molecular formula is C13H23ClN4O2. The minimum atomic E-state index is 0. The molecule has 0 saturated heterocycles. The average Bonchev–Trinajstić information content (AvgIpc) is 2.97. The van der Waals surface area contributed by atoms with Crippen molar-refractivity contribution in [2.45, 2.75) is 38.3 Å². The van der Waals surface area contributed by atoms with E-state index in [0.29, 0.717) is 25.5 Å². The summed E-state index contributed by atoms with van der Waals surface area (Å²) in [5.41, 5.74) is 6.70. The Morgan fingerprint density at radius 2 is 2.40 bits per heavy atom. The standard InChI is InChI=1S/C13H22N4O2.ClH/c1-19-6-5-17-9-11(8-15-17)16-13(18)7-10-3-2-4-12(10)14;/h8-10,12H,2-7,14H2,1H3,(H,16,18);1H/t10-,12+;/m0./s1. The van der Waals surface area contributed by atoms with Gasteiger partial charge in [0.05, 0.1) is 25.0 Å². The number of aromatic nitrogens is 2. The summed E-state index contributed by atoms with van der Waals surface area (Å²) in [5.74, 6) is 0.345. The van der Waals surface area contributed by atoms with Crippen LogP contribution in [0.5, 0.6) is 0 Å². The van der Waals surface area contributed by atoms with E-state index in [2.05, 4.69) is 10.4 Å². The third-order valence-corrected chi connectivity index (χ3v) is 3.61. The van der Waals surface area contributed by atoms with Gasteiger partial charge in [0.2, 0.25) is 5.91 Å². The minimum Gasteiger partial charge on any atom is -0.383 e. The van der Waals surface area contributed by atoms with Crippen LogP contribution < -0.4 is 11.1 Å². The van der Waals surface area contributed by atoms with Gasteiger partial charge in [0, 0.05) is 25.8 Å². The van der Waals surface area contributed by atoms with Gasteiger partial charge in [-0.1, -0.05) is 6.42 Å². The summed E-state index contributed by atoms with van der Waals surface area (Å²) >= 11 is 0. The van der Waals surface area contributed by atoms with E-state index < -0.39 is 0 Å². The maximum Gasteiger partial charge on any atom is 0.224 e. The molecule has 1 aromatic rings. The van der Waals surface area contributed by atoms with Gasteiger partial charge < -0.3 is 15.8 Å². The Hall–Kier alpha value is -1.11. The van der Waals surface area contributed by atoms with Crippen molar-refractivity contribution < 1.29 is 9.53 Å². The Morgan fingerprint density at radius 3 is 3.05 bits per heavy atom. The Morgan fingerprint density at radius 1 is 1.60 bits per heavy atom. The lowest BCUT2D eigenvalue weighted by atomic mass is 10.00. The zero-order valence-electron chi connectivity index (χ0n) is 11.7. The van der Waals surface area contributed by atoms with E-state index in [-0.39, 0.29) is 24.4 Å². The number of ether oxygens (including phenoxy) is 1. The first-order chi connectivity index (χ1) is 9.19. The largest absolute Gasteiger partial charge is 0.383 e. The van der Waals surface area contributed by atoms with Crippen LogP contribution in [0.2, 0.25) is 0 Å². The van der Waals surface area contributed by atoms with E-state index in [9.17, 15) is 4.79 Å². The van der Waals surface area contributed by atoms with E-state index in [0.717, 1.165) is 24.9 Å². The maximum absolute atomic E-state index is 11.9. The molecular weight excluding hydrogens is 280 g/mol. The lowest BCUT2D eigenvalue weighted by Crippen LogP contribution is -2.28. The van der Waals surface area contributed by atoms with Gasteiger partial charge in [0.1, 0.15) is 0 Å². The highest BCUT2D eigenvalue weighted by Crippen LogP contribution is 2.27. The number of hydrogen-bond donors (Lipinski definition) is 2. The molecule has 1 amide bonds. The van der Waals surface area contributed by atoms with Gasteiger partial charge in [-0.2, -0.15) is 5.10 Å². The molecule has 7 heteroatoms. The number of anilines is 1. The second-order valence-electron chi connectivity index (χ2n) is 5.09. The number of methoxy groups -OCH3 is 1. The smallest absolute Gasteiger partial charge is 0.224 e. The van der Waals surface area contributed by atoms with Crippen molar-refractivity contribution in [3.05, 3.63) is 12.4 Å². The minimum absolute atomic E-state index is 0. The van der Waals surface area contributed by atoms with E-state index >= 15 is 0 Å². The van der Waals surface area contributed by atoms with E-state index in [1.807, 2.05) is 6.20 Å². The number of halogens is 1. The van der Waals surface area contributed by atoms with Crippen LogP contribution in [0.3, 0.4) is 0 Å². The number of nitrogens with two attached hydrogens (primary N) is 1. The van der Waals surface area contributed by atoms with Crippen LogP contribution in [0, 0.1) is 5.92 Å². The van der Waals surface area contributed by atoms with Gasteiger partial charge in [0.15, 0.2) is 0 Å². The normalized spacial score (nSPS) is 21.5. The van der Waals surface area contributed by atoms with Crippen LogP contribution in [0.15, 0.2) is 12.4 Å². The zero-order valence-corrected chi connectivity index (χ0v) is 12.6. The highest BCUT2D eigenvalue weighted by molar-refractivity contribution is 5.90. The monoisotopic (exact) mass is 302 g/mol. The molecule has 1 aliphatic carbocycles. The Labute approximate surface area is 125 Å². The zero-order chi connectivity index (χ0) is 13.7. The fourth-order valence-corrected chi connectivity index (χ4v) is 2.50. The number of carbonyl (C=O) groups excluding carboxylic acids is 1. The first-order valence-electron chi connectivity index (χ1n) is 6.76. The van der Waals surface area contributed by atoms with Gasteiger partial charge in [-0.25, -0.2) is 0 Å². The maximum atomic E-state index is 11.9. The molecule has 1 heterocycles. The van der Waals surface area contributed by atoms with Crippen molar-refractivity contribution in [2.75, 3.05) is 19.0 Å². The Kier molecular flexibility index (Phi) is 6.98. The van der Waals surface area contributed by atoms with E-state index in [1.54, 1.807) is 18.0 Å². The Balaban J connectivity index is 0.00000200. The number of nitrogens with one attached hydrogen (secondary N) is 1. The molecule has 2 rings (SSSR count). The van der Waals surface area contributed by atoms with E-state index in [4.69, 9.17) is 10.5 Å². The molecule has 6 nitrogen and oxygen atoms in total. The van der Waals surface area contributed by atoms with Gasteiger partial charge in [-0.05, 0) is 18.8 Å². The average molecular weight is 303 g/mol. The third kappa shape index (κ3) is 4.77. The fraction of sp³-hybridized carbons (Fsp3) is 0.692. The highest BCUT2D eigenvalue weighted by Gasteiger charge is 2.26. The summed E-state index contributed by atoms with van der Waals surface area (Å²) < 4.78 is 6.72. The Bertz CT molecular complexity index is 424. The first-order valence-corrected chi connectivity index (χ1v) is 6.76. The first kappa shape index (κ1) is 16.9. The summed E-state index contributed by atoms with van der Waals surface area (Å²) in [6, 6.07) is 0.176. The molecule has 20 heavy (non-hydrogen) atoms. The number of nitrogens with zero attached hydrogens (tertiary/aromatic N) is 2. The van der Waals surface area contributed by atoms with Crippen molar-refractivity contribution in [3.63, 3.8) is 0 Å². The van der Waals surface area contributed by atoms with E-state index in [1.165, 1.54) is 0 Å². The molecule has 1 saturated carbocycles. The second kappa shape index (κ2) is 8.24. The molecule has 0 radical (unpaired) electrons. The highest BCUT2D eigenvalue weighted by atomic mass is 35.5. The molecule has 0 unspecified atom stereocenters. The fourth-order valence-electron chi connectivity index (χ4n) is 2.50. The van der Waals surface area contributed by atoms with Gasteiger partial charge >= 0.3 is 0 Å². The van der Waals surface area contributed by atoms with Gasteiger partial charge in [-0.3, -0.25) is 9.48 Å². The van der Waals surface area contributed by atoms with Crippen molar-refractivity contribution in [3.8, 4) is 0 Å².